The molecule has 6 heteroatoms. The Labute approximate surface area is 135 Å². The van der Waals surface area contributed by atoms with E-state index >= 15 is 0 Å². The molecule has 0 aliphatic carbocycles. The first-order chi connectivity index (χ1) is 10.7. The van der Waals surface area contributed by atoms with Crippen molar-refractivity contribution < 1.29 is 4.74 Å². The maximum Gasteiger partial charge on any atom is 0.128 e. The molecule has 22 heavy (non-hydrogen) atoms. The molecule has 1 N–H and O–H groups in total. The summed E-state index contributed by atoms with van der Waals surface area (Å²) in [6.07, 6.45) is 5.50. The molecule has 0 bridgehead atoms. The molecule has 0 amide bonds. The Hall–Kier alpha value is -1.85. The molecule has 1 fully saturated rings. The van der Waals surface area contributed by atoms with E-state index in [1.807, 2.05) is 12.3 Å². The van der Waals surface area contributed by atoms with Gasteiger partial charge in [-0.1, -0.05) is 17.7 Å². The number of pyridine rings is 2. The summed E-state index contributed by atoms with van der Waals surface area (Å²) < 4.78 is 5.55. The molecule has 0 radical (unpaired) electrons. The molecule has 2 aromatic rings. The predicted octanol–water partition coefficient (Wildman–Crippen LogP) is 2.97. The summed E-state index contributed by atoms with van der Waals surface area (Å²) in [4.78, 5) is 10.8. The third-order valence-corrected chi connectivity index (χ3v) is 3.93. The summed E-state index contributed by atoms with van der Waals surface area (Å²) in [6, 6.07) is 6.01. The molecule has 1 aliphatic rings. The lowest BCUT2D eigenvalue weighted by Gasteiger charge is -2.32. The SMILES string of the molecule is CC1CN(c2ccc(CNc3ccncc3Cl)cn2)CCO1. The zero-order valence-electron chi connectivity index (χ0n) is 12.5. The lowest BCUT2D eigenvalue weighted by Crippen LogP contribution is -2.41. The van der Waals surface area contributed by atoms with Crippen LogP contribution < -0.4 is 10.2 Å². The highest BCUT2D eigenvalue weighted by molar-refractivity contribution is 6.33. The van der Waals surface area contributed by atoms with Crippen LogP contribution >= 0.6 is 11.6 Å². The monoisotopic (exact) mass is 318 g/mol. The van der Waals surface area contributed by atoms with Crippen LogP contribution in [0, 0.1) is 0 Å². The molecule has 1 aliphatic heterocycles. The van der Waals surface area contributed by atoms with E-state index in [1.54, 1.807) is 12.4 Å². The van der Waals surface area contributed by atoms with Gasteiger partial charge in [-0.25, -0.2) is 4.98 Å². The second-order valence-electron chi connectivity index (χ2n) is 5.36. The van der Waals surface area contributed by atoms with Gasteiger partial charge < -0.3 is 15.0 Å². The zero-order chi connectivity index (χ0) is 15.4. The highest BCUT2D eigenvalue weighted by atomic mass is 35.5. The number of hydrogen-bond acceptors (Lipinski definition) is 5. The van der Waals surface area contributed by atoms with Crippen molar-refractivity contribution in [1.29, 1.82) is 0 Å². The van der Waals surface area contributed by atoms with Gasteiger partial charge in [-0.05, 0) is 24.6 Å². The molecule has 1 atom stereocenters. The maximum absolute atomic E-state index is 6.07. The van der Waals surface area contributed by atoms with Crippen LogP contribution in [-0.4, -0.2) is 35.8 Å². The summed E-state index contributed by atoms with van der Waals surface area (Å²) in [5.41, 5.74) is 1.99. The molecule has 5 nitrogen and oxygen atoms in total. The number of rotatable bonds is 4. The Kier molecular flexibility index (Phi) is 4.75. The van der Waals surface area contributed by atoms with Crippen molar-refractivity contribution in [2.45, 2.75) is 19.6 Å². The summed E-state index contributed by atoms with van der Waals surface area (Å²) >= 11 is 6.07. The van der Waals surface area contributed by atoms with Crippen LogP contribution in [0.3, 0.4) is 0 Å². The average Bonchev–Trinajstić information content (AvgIpc) is 2.55. The molecule has 3 heterocycles. The molecule has 2 aromatic heterocycles. The fourth-order valence-corrected chi connectivity index (χ4v) is 2.64. The molecule has 1 saturated heterocycles. The standard InChI is InChI=1S/C16H19ClN4O/c1-12-11-21(6-7-22-12)16-3-2-13(9-20-16)8-19-15-4-5-18-10-14(15)17/h2-5,9-10,12H,6-8,11H2,1H3,(H,18,19). The van der Waals surface area contributed by atoms with Gasteiger partial charge in [0.05, 0.1) is 23.4 Å². The molecule has 1 unspecified atom stereocenters. The van der Waals surface area contributed by atoms with Gasteiger partial charge in [0.2, 0.25) is 0 Å². The lowest BCUT2D eigenvalue weighted by molar-refractivity contribution is 0.0529. The van der Waals surface area contributed by atoms with Crippen LogP contribution in [0.5, 0.6) is 0 Å². The fourth-order valence-electron chi connectivity index (χ4n) is 2.45. The van der Waals surface area contributed by atoms with Gasteiger partial charge in [-0.2, -0.15) is 0 Å². The van der Waals surface area contributed by atoms with E-state index in [-0.39, 0.29) is 6.10 Å². The van der Waals surface area contributed by atoms with Crippen LogP contribution in [-0.2, 0) is 11.3 Å². The average molecular weight is 319 g/mol. The highest BCUT2D eigenvalue weighted by Gasteiger charge is 2.17. The number of morpholine rings is 1. The molecule has 116 valence electrons. The first-order valence-electron chi connectivity index (χ1n) is 7.37. The number of aromatic nitrogens is 2. The Morgan fingerprint density at radius 1 is 1.36 bits per heavy atom. The van der Waals surface area contributed by atoms with E-state index in [0.717, 1.165) is 36.8 Å². The first-order valence-corrected chi connectivity index (χ1v) is 7.75. The van der Waals surface area contributed by atoms with Gasteiger partial charge >= 0.3 is 0 Å². The number of hydrogen-bond donors (Lipinski definition) is 1. The van der Waals surface area contributed by atoms with E-state index in [1.165, 1.54) is 0 Å². The number of halogens is 1. The quantitative estimate of drug-likeness (QED) is 0.939. The third kappa shape index (κ3) is 3.67. The third-order valence-electron chi connectivity index (χ3n) is 3.63. The lowest BCUT2D eigenvalue weighted by atomic mass is 10.2. The Bertz CT molecular complexity index is 620. The first kappa shape index (κ1) is 15.1. The molecular formula is C16H19ClN4O. The van der Waals surface area contributed by atoms with Crippen molar-refractivity contribution >= 4 is 23.1 Å². The summed E-state index contributed by atoms with van der Waals surface area (Å²) in [5.74, 6) is 1.00. The van der Waals surface area contributed by atoms with Crippen LogP contribution in [0.2, 0.25) is 5.02 Å². The molecule has 0 saturated carbocycles. The Balaban J connectivity index is 1.61. The van der Waals surface area contributed by atoms with Crippen molar-refractivity contribution in [3.05, 3.63) is 47.4 Å². The highest BCUT2D eigenvalue weighted by Crippen LogP contribution is 2.20. The minimum Gasteiger partial charge on any atom is -0.380 e. The van der Waals surface area contributed by atoms with Crippen LogP contribution in [0.4, 0.5) is 11.5 Å². The van der Waals surface area contributed by atoms with Gasteiger partial charge in [0, 0.05) is 38.2 Å². The van der Waals surface area contributed by atoms with E-state index < -0.39 is 0 Å². The van der Waals surface area contributed by atoms with Crippen LogP contribution in [0.1, 0.15) is 12.5 Å². The zero-order valence-corrected chi connectivity index (χ0v) is 13.3. The smallest absolute Gasteiger partial charge is 0.128 e. The largest absolute Gasteiger partial charge is 0.380 e. The van der Waals surface area contributed by atoms with Crippen LogP contribution in [0.15, 0.2) is 36.8 Å². The molecule has 0 aromatic carbocycles. The van der Waals surface area contributed by atoms with Crippen molar-refractivity contribution in [3.8, 4) is 0 Å². The molecule has 0 spiro atoms. The second-order valence-corrected chi connectivity index (χ2v) is 5.77. The van der Waals surface area contributed by atoms with E-state index in [4.69, 9.17) is 16.3 Å². The van der Waals surface area contributed by atoms with E-state index in [2.05, 4.69) is 39.2 Å². The number of nitrogens with zero attached hydrogens (tertiary/aromatic N) is 3. The minimum absolute atomic E-state index is 0.255. The van der Waals surface area contributed by atoms with Crippen molar-refractivity contribution in [1.82, 2.24) is 9.97 Å². The molecular weight excluding hydrogens is 300 g/mol. The van der Waals surface area contributed by atoms with Gasteiger partial charge in [0.25, 0.3) is 0 Å². The summed E-state index contributed by atoms with van der Waals surface area (Å²) in [6.45, 7) is 5.30. The summed E-state index contributed by atoms with van der Waals surface area (Å²) in [7, 11) is 0. The van der Waals surface area contributed by atoms with Gasteiger partial charge in [0.1, 0.15) is 5.82 Å². The second kappa shape index (κ2) is 6.94. The predicted molar refractivity (Wildman–Crippen MR) is 88.4 cm³/mol. The normalized spacial score (nSPS) is 18.3. The maximum atomic E-state index is 6.07. The topological polar surface area (TPSA) is 50.3 Å². The van der Waals surface area contributed by atoms with Gasteiger partial charge in [-0.15, -0.1) is 0 Å². The number of nitrogens with one attached hydrogen (secondary N) is 1. The molecule has 3 rings (SSSR count). The summed E-state index contributed by atoms with van der Waals surface area (Å²) in [5, 5.41) is 3.91. The van der Waals surface area contributed by atoms with Crippen molar-refractivity contribution in [2.75, 3.05) is 29.9 Å². The minimum atomic E-state index is 0.255. The van der Waals surface area contributed by atoms with Gasteiger partial charge in [0.15, 0.2) is 0 Å². The number of ether oxygens (including phenoxy) is 1. The van der Waals surface area contributed by atoms with Crippen molar-refractivity contribution in [3.63, 3.8) is 0 Å². The van der Waals surface area contributed by atoms with Gasteiger partial charge in [-0.3, -0.25) is 4.98 Å². The van der Waals surface area contributed by atoms with E-state index in [0.29, 0.717) is 11.6 Å². The number of anilines is 2. The van der Waals surface area contributed by atoms with Crippen LogP contribution in [0.25, 0.3) is 0 Å². The Morgan fingerprint density at radius 2 is 2.27 bits per heavy atom. The fraction of sp³-hybridized carbons (Fsp3) is 0.375. The Morgan fingerprint density at radius 3 is 3.00 bits per heavy atom. The van der Waals surface area contributed by atoms with Crippen molar-refractivity contribution in [2.24, 2.45) is 0 Å². The van der Waals surface area contributed by atoms with E-state index in [9.17, 15) is 0 Å².